The van der Waals surface area contributed by atoms with E-state index < -0.39 is 0 Å². The molecule has 0 aliphatic carbocycles. The maximum atomic E-state index is 14.5. The molecule has 4 heterocycles. The Labute approximate surface area is 309 Å². The van der Waals surface area contributed by atoms with Gasteiger partial charge in [0.25, 0.3) is 5.91 Å². The first-order chi connectivity index (χ1) is 24.8. The Bertz CT molecular complexity index is 2100. The molecule has 0 bridgehead atoms. The molecule has 6 aromatic rings. The molecular formula is C41H43Cl2N7O. The van der Waals surface area contributed by atoms with E-state index in [9.17, 15) is 4.79 Å². The smallest absolute Gasteiger partial charge is 0.272 e. The lowest BCUT2D eigenvalue weighted by atomic mass is 9.99. The van der Waals surface area contributed by atoms with Gasteiger partial charge in [0.15, 0.2) is 5.82 Å². The predicted molar refractivity (Wildman–Crippen MR) is 212 cm³/mol. The average molecular weight is 721 g/mol. The second kappa shape index (κ2) is 16.3. The van der Waals surface area contributed by atoms with Crippen molar-refractivity contribution in [1.82, 2.24) is 24.8 Å². The zero-order valence-corrected chi connectivity index (χ0v) is 30.7. The summed E-state index contributed by atoms with van der Waals surface area (Å²) in [6, 6.07) is 27.5. The quantitative estimate of drug-likeness (QED) is 0.138. The first kappa shape index (κ1) is 35.8. The Morgan fingerprint density at radius 2 is 1.69 bits per heavy atom. The molecule has 10 heteroatoms. The van der Waals surface area contributed by atoms with Crippen molar-refractivity contribution in [1.29, 1.82) is 0 Å². The lowest BCUT2D eigenvalue weighted by Gasteiger charge is -2.33. The Morgan fingerprint density at radius 3 is 2.39 bits per heavy atom. The molecule has 3 N–H and O–H groups in total. The number of rotatable bonds is 9. The van der Waals surface area contributed by atoms with Gasteiger partial charge in [-0.1, -0.05) is 98.6 Å². The highest BCUT2D eigenvalue weighted by Gasteiger charge is 2.29. The second-order valence-corrected chi connectivity index (χ2v) is 13.5. The van der Waals surface area contributed by atoms with Crippen LogP contribution in [0.1, 0.15) is 62.1 Å². The monoisotopic (exact) mass is 719 g/mol. The molecule has 1 aliphatic heterocycles. The van der Waals surface area contributed by atoms with Crippen molar-refractivity contribution in [3.63, 3.8) is 0 Å². The molecule has 0 radical (unpaired) electrons. The number of nitrogens with one attached hydrogen (secondary N) is 3. The van der Waals surface area contributed by atoms with Gasteiger partial charge < -0.3 is 25.1 Å². The third-order valence-corrected chi connectivity index (χ3v) is 9.51. The summed E-state index contributed by atoms with van der Waals surface area (Å²) in [5, 5.41) is 8.62. The lowest BCUT2D eigenvalue weighted by Crippen LogP contribution is -2.41. The van der Waals surface area contributed by atoms with Crippen molar-refractivity contribution >= 4 is 51.5 Å². The fraction of sp³-hybridized carbons (Fsp3) is 0.244. The van der Waals surface area contributed by atoms with Gasteiger partial charge in [-0.2, -0.15) is 0 Å². The molecule has 1 saturated heterocycles. The van der Waals surface area contributed by atoms with Crippen LogP contribution >= 0.6 is 23.2 Å². The van der Waals surface area contributed by atoms with Crippen LogP contribution in [0.15, 0.2) is 110 Å². The van der Waals surface area contributed by atoms with Crippen LogP contribution in [-0.4, -0.2) is 44.6 Å². The van der Waals surface area contributed by atoms with E-state index in [-0.39, 0.29) is 11.9 Å². The Morgan fingerprint density at radius 1 is 0.980 bits per heavy atom. The van der Waals surface area contributed by atoms with E-state index in [0.29, 0.717) is 27.5 Å². The van der Waals surface area contributed by atoms with E-state index in [1.54, 1.807) is 12.4 Å². The first-order valence-corrected chi connectivity index (χ1v) is 18.2. The van der Waals surface area contributed by atoms with E-state index in [4.69, 9.17) is 33.2 Å². The molecule has 1 unspecified atom stereocenters. The number of nitrogens with zero attached hydrogens (tertiary/aromatic N) is 4. The number of carbonyl (C=O) groups is 1. The maximum Gasteiger partial charge on any atom is 0.272 e. The number of hydrogen-bond donors (Lipinski definition) is 3. The predicted octanol–water partition coefficient (Wildman–Crippen LogP) is 10.4. The summed E-state index contributed by atoms with van der Waals surface area (Å²) < 4.78 is 2.12. The molecule has 0 spiro atoms. The molecule has 8 nitrogen and oxygen atoms in total. The second-order valence-electron chi connectivity index (χ2n) is 12.7. The van der Waals surface area contributed by atoms with Gasteiger partial charge in [0.2, 0.25) is 0 Å². The molecule has 0 saturated carbocycles. The van der Waals surface area contributed by atoms with E-state index in [1.807, 2.05) is 91.3 Å². The molecule has 1 fully saturated rings. The Kier molecular flexibility index (Phi) is 11.4. The normalized spacial score (nSPS) is 13.7. The number of H-pyrrole nitrogens is 1. The molecule has 262 valence electrons. The Hall–Kier alpha value is -5.05. The summed E-state index contributed by atoms with van der Waals surface area (Å²) in [6.45, 7) is 11.8. The number of aromatic nitrogens is 4. The van der Waals surface area contributed by atoms with Crippen molar-refractivity contribution in [3.8, 4) is 22.5 Å². The van der Waals surface area contributed by atoms with Crippen molar-refractivity contribution in [3.05, 3.63) is 132 Å². The van der Waals surface area contributed by atoms with Crippen molar-refractivity contribution in [2.45, 2.75) is 52.1 Å². The van der Waals surface area contributed by atoms with Crippen LogP contribution in [0.2, 0.25) is 10.0 Å². The van der Waals surface area contributed by atoms with Crippen molar-refractivity contribution < 1.29 is 4.79 Å². The minimum atomic E-state index is -0.291. The Balaban J connectivity index is 0.00000144. The number of anilines is 2. The topological polar surface area (TPSA) is 90.9 Å². The number of aromatic amines is 1. The van der Waals surface area contributed by atoms with Crippen LogP contribution in [0.25, 0.3) is 33.4 Å². The minimum absolute atomic E-state index is 0.126. The minimum Gasteiger partial charge on any atom is -0.388 e. The lowest BCUT2D eigenvalue weighted by molar-refractivity contribution is 0.102. The number of pyridine rings is 1. The fourth-order valence-electron chi connectivity index (χ4n) is 6.55. The van der Waals surface area contributed by atoms with Crippen molar-refractivity contribution in [2.75, 3.05) is 23.3 Å². The summed E-state index contributed by atoms with van der Waals surface area (Å²) in [6.07, 6.45) is 8.50. The molecule has 1 atom stereocenters. The molecule has 51 heavy (non-hydrogen) atoms. The van der Waals surface area contributed by atoms with Gasteiger partial charge in [-0.05, 0) is 67.9 Å². The van der Waals surface area contributed by atoms with Crippen LogP contribution in [0.5, 0.6) is 0 Å². The molecule has 3 aromatic heterocycles. The summed E-state index contributed by atoms with van der Waals surface area (Å²) in [7, 11) is 0. The molecule has 3 aromatic carbocycles. The van der Waals surface area contributed by atoms with Gasteiger partial charge in [0.1, 0.15) is 5.69 Å². The number of carbonyl (C=O) groups excluding carboxylic acids is 1. The number of amides is 1. The number of piperidine rings is 1. The highest BCUT2D eigenvalue weighted by Crippen LogP contribution is 2.42. The average Bonchev–Trinajstić information content (AvgIpc) is 3.75. The standard InChI is InChI=1S/C38H35Cl2N7O.C3H8/c1-3-41-29-17-20-46(21-18-29)37-31(10-7-19-42-37)45-38(48)35-33(30-16-15-28(40)22-32(30)44-35)36-34(26-8-5-4-6-9-26)43-23-47(36)24(2)25-11-13-27(39)14-12-25;1-3-2/h3-16,19,22-24,29,41,44H,1,17-18,20-21H2,2H3,(H,45,48);3H2,1-2H3. The SMILES string of the molecule is C=CNC1CCN(c2ncccc2NC(=O)c2[nH]c3cc(Cl)ccc3c2-c2c(-c3ccccc3)ncn2C(C)c2ccc(Cl)cc2)CC1.CCC. The number of fused-ring (bicyclic) bond motifs is 1. The van der Waals surface area contributed by atoms with Gasteiger partial charge in [-0.15, -0.1) is 0 Å². The summed E-state index contributed by atoms with van der Waals surface area (Å²) in [4.78, 5) is 29.8. The van der Waals surface area contributed by atoms with Crippen LogP contribution in [0.4, 0.5) is 11.5 Å². The van der Waals surface area contributed by atoms with Crippen LogP contribution < -0.4 is 15.5 Å². The number of imidazole rings is 1. The molecule has 1 amide bonds. The fourth-order valence-corrected chi connectivity index (χ4v) is 6.85. The summed E-state index contributed by atoms with van der Waals surface area (Å²) >= 11 is 12.7. The number of benzene rings is 3. The summed E-state index contributed by atoms with van der Waals surface area (Å²) in [5.41, 5.74) is 6.09. The van der Waals surface area contributed by atoms with E-state index in [2.05, 4.69) is 52.4 Å². The van der Waals surface area contributed by atoms with Crippen LogP contribution in [0.3, 0.4) is 0 Å². The zero-order valence-electron chi connectivity index (χ0n) is 29.2. The summed E-state index contributed by atoms with van der Waals surface area (Å²) in [5.74, 6) is 0.454. The van der Waals surface area contributed by atoms with Gasteiger partial charge in [0, 0.05) is 57.4 Å². The third kappa shape index (κ3) is 7.82. The van der Waals surface area contributed by atoms with Gasteiger partial charge in [-0.3, -0.25) is 4.79 Å². The number of hydrogen-bond acceptors (Lipinski definition) is 5. The van der Waals surface area contributed by atoms with Gasteiger partial charge in [-0.25, -0.2) is 9.97 Å². The zero-order chi connectivity index (χ0) is 35.9. The molecule has 1 aliphatic rings. The van der Waals surface area contributed by atoms with Crippen LogP contribution in [-0.2, 0) is 0 Å². The highest BCUT2D eigenvalue weighted by atomic mass is 35.5. The van der Waals surface area contributed by atoms with Crippen LogP contribution in [0, 0.1) is 0 Å². The van der Waals surface area contributed by atoms with E-state index in [0.717, 1.165) is 70.7 Å². The number of halogens is 2. The maximum absolute atomic E-state index is 14.5. The largest absolute Gasteiger partial charge is 0.388 e. The van der Waals surface area contributed by atoms with E-state index in [1.165, 1.54) is 6.42 Å². The first-order valence-electron chi connectivity index (χ1n) is 17.4. The molecule has 7 rings (SSSR count). The van der Waals surface area contributed by atoms with Gasteiger partial charge in [0.05, 0.1) is 29.4 Å². The molecular weight excluding hydrogens is 677 g/mol. The third-order valence-electron chi connectivity index (χ3n) is 9.02. The van der Waals surface area contributed by atoms with Crippen molar-refractivity contribution in [2.24, 2.45) is 0 Å². The van der Waals surface area contributed by atoms with Gasteiger partial charge >= 0.3 is 0 Å². The highest BCUT2D eigenvalue weighted by molar-refractivity contribution is 6.31. The van der Waals surface area contributed by atoms with E-state index >= 15 is 0 Å².